The van der Waals surface area contributed by atoms with Crippen molar-refractivity contribution in [3.63, 3.8) is 0 Å². The monoisotopic (exact) mass is 306 g/mol. The van der Waals surface area contributed by atoms with E-state index >= 15 is 0 Å². The van der Waals surface area contributed by atoms with Gasteiger partial charge in [0, 0.05) is 13.2 Å². The largest absolute Gasteiger partial charge is 0.478 e. The first-order chi connectivity index (χ1) is 9.82. The van der Waals surface area contributed by atoms with E-state index in [0.29, 0.717) is 0 Å². The van der Waals surface area contributed by atoms with Crippen molar-refractivity contribution in [2.75, 3.05) is 11.4 Å². The van der Waals surface area contributed by atoms with E-state index in [1.54, 1.807) is 25.1 Å². The summed E-state index contributed by atoms with van der Waals surface area (Å²) in [6.07, 6.45) is 2.47. The van der Waals surface area contributed by atoms with E-state index in [2.05, 4.69) is 4.98 Å². The van der Waals surface area contributed by atoms with E-state index in [-0.39, 0.29) is 16.1 Å². The van der Waals surface area contributed by atoms with Crippen LogP contribution in [0.3, 0.4) is 0 Å². The highest BCUT2D eigenvalue weighted by Crippen LogP contribution is 2.22. The summed E-state index contributed by atoms with van der Waals surface area (Å²) in [5.74, 6) is -1.16. The van der Waals surface area contributed by atoms with Crippen LogP contribution >= 0.6 is 0 Å². The van der Waals surface area contributed by atoms with Crippen molar-refractivity contribution < 1.29 is 18.3 Å². The van der Waals surface area contributed by atoms with E-state index in [4.69, 9.17) is 5.11 Å². The van der Waals surface area contributed by atoms with E-state index in [1.807, 2.05) is 0 Å². The molecule has 0 aliphatic carbocycles. The summed E-state index contributed by atoms with van der Waals surface area (Å²) in [4.78, 5) is 14.8. The Kier molecular flexibility index (Phi) is 3.95. The fourth-order valence-electron chi connectivity index (χ4n) is 1.79. The van der Waals surface area contributed by atoms with Gasteiger partial charge < -0.3 is 5.11 Å². The summed E-state index contributed by atoms with van der Waals surface area (Å²) >= 11 is 0. The second kappa shape index (κ2) is 5.53. The first-order valence-corrected chi connectivity index (χ1v) is 7.50. The molecule has 1 N–H and O–H groups in total. The van der Waals surface area contributed by atoms with Gasteiger partial charge >= 0.3 is 5.97 Å². The van der Waals surface area contributed by atoms with E-state index in [0.717, 1.165) is 9.87 Å². The molecule has 1 aromatic heterocycles. The lowest BCUT2D eigenvalue weighted by atomic mass is 10.2. The maximum atomic E-state index is 12.5. The van der Waals surface area contributed by atoms with Gasteiger partial charge in [-0.3, -0.25) is 9.29 Å². The number of rotatable bonds is 4. The Bertz CT molecular complexity index is 787. The number of anilines is 1. The number of aromatic carboxylic acids is 1. The van der Waals surface area contributed by atoms with Crippen molar-refractivity contribution in [3.05, 3.63) is 53.9 Å². The van der Waals surface area contributed by atoms with Gasteiger partial charge in [0.15, 0.2) is 0 Å². The molecule has 0 amide bonds. The van der Waals surface area contributed by atoms with Crippen LogP contribution in [0.2, 0.25) is 0 Å². The zero-order valence-corrected chi connectivity index (χ0v) is 12.3. The third kappa shape index (κ3) is 3.03. The molecule has 0 fully saturated rings. The van der Waals surface area contributed by atoms with Crippen molar-refractivity contribution >= 4 is 21.7 Å². The lowest BCUT2D eigenvalue weighted by molar-refractivity contribution is 0.0696. The minimum atomic E-state index is -3.76. The number of carboxylic acid groups (broad SMARTS) is 1. The number of aryl methyl sites for hydroxylation is 1. The summed E-state index contributed by atoms with van der Waals surface area (Å²) in [5, 5.41) is 8.94. The molecule has 0 saturated heterocycles. The molecule has 0 aliphatic heterocycles. The molecule has 0 spiro atoms. The first kappa shape index (κ1) is 15.0. The highest BCUT2D eigenvalue weighted by Gasteiger charge is 2.22. The molecule has 0 saturated carbocycles. The number of nitrogens with zero attached hydrogens (tertiary/aromatic N) is 2. The van der Waals surface area contributed by atoms with Crippen molar-refractivity contribution in [1.29, 1.82) is 0 Å². The average molecular weight is 306 g/mol. The Hall–Kier alpha value is -2.41. The Morgan fingerprint density at radius 1 is 1.24 bits per heavy atom. The molecule has 0 unspecified atom stereocenters. The molecule has 7 heteroatoms. The van der Waals surface area contributed by atoms with Crippen molar-refractivity contribution in [2.45, 2.75) is 11.8 Å². The molecule has 0 bridgehead atoms. The van der Waals surface area contributed by atoms with Gasteiger partial charge in [-0.15, -0.1) is 0 Å². The minimum Gasteiger partial charge on any atom is -0.478 e. The van der Waals surface area contributed by atoms with E-state index in [9.17, 15) is 13.2 Å². The molecule has 0 atom stereocenters. The van der Waals surface area contributed by atoms with E-state index in [1.165, 1.54) is 31.6 Å². The number of carbonyl (C=O) groups is 1. The number of hydrogen-bond acceptors (Lipinski definition) is 4. The summed E-state index contributed by atoms with van der Waals surface area (Å²) in [7, 11) is -2.40. The van der Waals surface area contributed by atoms with Crippen LogP contribution < -0.4 is 4.31 Å². The maximum absolute atomic E-state index is 12.5. The van der Waals surface area contributed by atoms with Crippen LogP contribution in [0.5, 0.6) is 0 Å². The standard InChI is InChI=1S/C14H14N2O4S/c1-10-4-3-5-13(6-10)21(19,20)16(2)12-7-11(14(17)18)8-15-9-12/h3-9H,1-2H3,(H,17,18). The number of benzene rings is 1. The predicted octanol–water partition coefficient (Wildman–Crippen LogP) is 1.91. The minimum absolute atomic E-state index is 0.0706. The zero-order valence-electron chi connectivity index (χ0n) is 11.5. The third-order valence-corrected chi connectivity index (χ3v) is 4.76. The van der Waals surface area contributed by atoms with Crippen molar-refractivity contribution in [3.8, 4) is 0 Å². The first-order valence-electron chi connectivity index (χ1n) is 6.06. The second-order valence-electron chi connectivity index (χ2n) is 4.53. The van der Waals surface area contributed by atoms with Crippen molar-refractivity contribution in [2.24, 2.45) is 0 Å². The van der Waals surface area contributed by atoms with Crippen molar-refractivity contribution in [1.82, 2.24) is 4.98 Å². The van der Waals surface area contributed by atoms with Gasteiger partial charge in [0.25, 0.3) is 10.0 Å². The SMILES string of the molecule is Cc1cccc(S(=O)(=O)N(C)c2cncc(C(=O)O)c2)c1. The number of aromatic nitrogens is 1. The molecule has 2 aromatic rings. The lowest BCUT2D eigenvalue weighted by Gasteiger charge is -2.19. The molecule has 6 nitrogen and oxygen atoms in total. The van der Waals surface area contributed by atoms with Gasteiger partial charge in [0.1, 0.15) is 0 Å². The number of hydrogen-bond donors (Lipinski definition) is 1. The fraction of sp³-hybridized carbons (Fsp3) is 0.143. The predicted molar refractivity (Wildman–Crippen MR) is 78.0 cm³/mol. The lowest BCUT2D eigenvalue weighted by Crippen LogP contribution is -2.27. The molecule has 1 aromatic carbocycles. The van der Waals surface area contributed by atoms with Crippen LogP contribution in [0.4, 0.5) is 5.69 Å². The molecule has 110 valence electrons. The van der Waals surface area contributed by atoms with Gasteiger partial charge in [-0.2, -0.15) is 0 Å². The summed E-state index contributed by atoms with van der Waals surface area (Å²) in [6.45, 7) is 1.80. The number of sulfonamides is 1. The van der Waals surface area contributed by atoms with Crippen LogP contribution in [0.25, 0.3) is 0 Å². The van der Waals surface area contributed by atoms with E-state index < -0.39 is 16.0 Å². The quantitative estimate of drug-likeness (QED) is 0.932. The molecule has 2 rings (SSSR count). The van der Waals surface area contributed by atoms with Crippen LogP contribution in [-0.4, -0.2) is 31.5 Å². The second-order valence-corrected chi connectivity index (χ2v) is 6.50. The van der Waals surface area contributed by atoms with Crippen LogP contribution in [0.15, 0.2) is 47.6 Å². The summed E-state index contributed by atoms with van der Waals surface area (Å²) < 4.78 is 26.0. The maximum Gasteiger partial charge on any atom is 0.337 e. The Morgan fingerprint density at radius 2 is 1.95 bits per heavy atom. The highest BCUT2D eigenvalue weighted by atomic mass is 32.2. The van der Waals surface area contributed by atoms with Crippen LogP contribution in [0, 0.1) is 6.92 Å². The van der Waals surface area contributed by atoms with Gasteiger partial charge in [-0.05, 0) is 30.7 Å². The van der Waals surface area contributed by atoms with Crippen LogP contribution in [-0.2, 0) is 10.0 Å². The highest BCUT2D eigenvalue weighted by molar-refractivity contribution is 7.92. The van der Waals surface area contributed by atoms with Gasteiger partial charge in [-0.1, -0.05) is 12.1 Å². The Morgan fingerprint density at radius 3 is 2.57 bits per heavy atom. The molecule has 21 heavy (non-hydrogen) atoms. The molecule has 1 heterocycles. The third-order valence-electron chi connectivity index (χ3n) is 2.98. The Balaban J connectivity index is 2.45. The van der Waals surface area contributed by atoms with Gasteiger partial charge in [0.05, 0.1) is 22.3 Å². The van der Waals surface area contributed by atoms with Gasteiger partial charge in [0.2, 0.25) is 0 Å². The van der Waals surface area contributed by atoms with Gasteiger partial charge in [-0.25, -0.2) is 13.2 Å². The van der Waals surface area contributed by atoms with Crippen LogP contribution in [0.1, 0.15) is 15.9 Å². The summed E-state index contributed by atoms with van der Waals surface area (Å²) in [5.41, 5.74) is 0.942. The molecule has 0 aliphatic rings. The fourth-order valence-corrected chi connectivity index (χ4v) is 3.07. The normalized spacial score (nSPS) is 11.1. The molecule has 0 radical (unpaired) electrons. The number of carboxylic acids is 1. The molecular formula is C14H14N2O4S. The number of pyridine rings is 1. The average Bonchev–Trinajstić information content (AvgIpc) is 2.46. The summed E-state index contributed by atoms with van der Waals surface area (Å²) in [6, 6.07) is 7.77. The smallest absolute Gasteiger partial charge is 0.337 e. The zero-order chi connectivity index (χ0) is 15.6. The topological polar surface area (TPSA) is 87.6 Å². The molecular weight excluding hydrogens is 292 g/mol. The Labute approximate surface area is 122 Å².